The molecule has 100 valence electrons. The molecule has 19 heavy (non-hydrogen) atoms. The van der Waals surface area contributed by atoms with Gasteiger partial charge in [0.05, 0.1) is 16.0 Å². The second-order valence-electron chi connectivity index (χ2n) is 3.88. The average Bonchev–Trinajstić information content (AvgIpc) is 2.77. The highest BCUT2D eigenvalue weighted by molar-refractivity contribution is 8.01. The monoisotopic (exact) mass is 296 g/mol. The van der Waals surface area contributed by atoms with Gasteiger partial charge in [-0.3, -0.25) is 9.59 Å². The van der Waals surface area contributed by atoms with E-state index in [1.54, 1.807) is 0 Å². The molecule has 2 rings (SSSR count). The summed E-state index contributed by atoms with van der Waals surface area (Å²) in [7, 11) is 1.48. The van der Waals surface area contributed by atoms with E-state index in [2.05, 4.69) is 4.98 Å². The molecule has 0 unspecified atom stereocenters. The molecule has 1 aromatic heterocycles. The van der Waals surface area contributed by atoms with Crippen LogP contribution in [-0.4, -0.2) is 46.2 Å². The number of aromatic nitrogens is 1. The fourth-order valence-electron chi connectivity index (χ4n) is 1.44. The Morgan fingerprint density at radius 3 is 2.84 bits per heavy atom. The molecular formula is C12H12N2O3S2. The number of thioether (sulfide) groups is 1. The lowest BCUT2D eigenvalue weighted by Crippen LogP contribution is -2.33. The van der Waals surface area contributed by atoms with E-state index in [4.69, 9.17) is 5.11 Å². The zero-order chi connectivity index (χ0) is 13.8. The van der Waals surface area contributed by atoms with Gasteiger partial charge in [0.25, 0.3) is 0 Å². The summed E-state index contributed by atoms with van der Waals surface area (Å²) in [6.45, 7) is -0.279. The molecule has 0 aliphatic heterocycles. The van der Waals surface area contributed by atoms with E-state index >= 15 is 0 Å². The average molecular weight is 296 g/mol. The number of para-hydroxylation sites is 1. The third kappa shape index (κ3) is 3.68. The number of hydrogen-bond donors (Lipinski definition) is 1. The van der Waals surface area contributed by atoms with Gasteiger partial charge in [-0.05, 0) is 12.1 Å². The molecule has 7 heteroatoms. The van der Waals surface area contributed by atoms with E-state index in [9.17, 15) is 9.59 Å². The first-order chi connectivity index (χ1) is 9.06. The quantitative estimate of drug-likeness (QED) is 0.854. The number of amides is 1. The molecule has 1 N–H and O–H groups in total. The predicted molar refractivity (Wildman–Crippen MR) is 75.6 cm³/mol. The zero-order valence-corrected chi connectivity index (χ0v) is 11.8. The molecular weight excluding hydrogens is 284 g/mol. The third-order valence-corrected chi connectivity index (χ3v) is 4.56. The SMILES string of the molecule is CN(CC(=O)O)C(=O)CSc1nc2ccccc2s1. The minimum absolute atomic E-state index is 0.198. The van der Waals surface area contributed by atoms with Crippen molar-refractivity contribution < 1.29 is 14.7 Å². The van der Waals surface area contributed by atoms with Crippen LogP contribution in [0, 0.1) is 0 Å². The van der Waals surface area contributed by atoms with Crippen LogP contribution in [0.2, 0.25) is 0 Å². The highest BCUT2D eigenvalue weighted by atomic mass is 32.2. The Balaban J connectivity index is 1.94. The van der Waals surface area contributed by atoms with Crippen LogP contribution >= 0.6 is 23.1 Å². The van der Waals surface area contributed by atoms with Crippen LogP contribution in [0.5, 0.6) is 0 Å². The maximum Gasteiger partial charge on any atom is 0.323 e. The summed E-state index contributed by atoms with van der Waals surface area (Å²) in [5, 5.41) is 8.60. The molecule has 0 aliphatic carbocycles. The van der Waals surface area contributed by atoms with E-state index < -0.39 is 5.97 Å². The van der Waals surface area contributed by atoms with E-state index in [0.29, 0.717) is 0 Å². The first kappa shape index (κ1) is 13.8. The molecule has 0 radical (unpaired) electrons. The molecule has 1 heterocycles. The summed E-state index contributed by atoms with van der Waals surface area (Å²) in [6, 6.07) is 7.77. The lowest BCUT2D eigenvalue weighted by Gasteiger charge is -2.13. The van der Waals surface area contributed by atoms with Gasteiger partial charge in [0.1, 0.15) is 6.54 Å². The summed E-state index contributed by atoms with van der Waals surface area (Å²) in [6.07, 6.45) is 0. The normalized spacial score (nSPS) is 10.6. The standard InChI is InChI=1S/C12H12N2O3S2/c1-14(6-11(16)17)10(15)7-18-12-13-8-4-2-3-5-9(8)19-12/h2-5H,6-7H2,1H3,(H,16,17). The minimum Gasteiger partial charge on any atom is -0.480 e. The summed E-state index contributed by atoms with van der Waals surface area (Å²) in [5.74, 6) is -1.03. The van der Waals surface area contributed by atoms with Crippen molar-refractivity contribution in [2.24, 2.45) is 0 Å². The highest BCUT2D eigenvalue weighted by Crippen LogP contribution is 2.29. The molecule has 2 aromatic rings. The van der Waals surface area contributed by atoms with Crippen LogP contribution in [-0.2, 0) is 9.59 Å². The summed E-state index contributed by atoms with van der Waals surface area (Å²) in [4.78, 5) is 27.8. The molecule has 1 aromatic carbocycles. The Kier molecular flexibility index (Phi) is 4.39. The number of hydrogen-bond acceptors (Lipinski definition) is 5. The fourth-order valence-corrected chi connectivity index (χ4v) is 3.45. The topological polar surface area (TPSA) is 70.5 Å². The Bertz CT molecular complexity index is 579. The molecule has 0 spiro atoms. The van der Waals surface area contributed by atoms with Gasteiger partial charge in [0.2, 0.25) is 5.91 Å². The summed E-state index contributed by atoms with van der Waals surface area (Å²) < 4.78 is 1.90. The number of carbonyl (C=O) groups is 2. The largest absolute Gasteiger partial charge is 0.480 e. The Morgan fingerprint density at radius 2 is 2.16 bits per heavy atom. The van der Waals surface area contributed by atoms with Gasteiger partial charge in [-0.1, -0.05) is 23.9 Å². The number of carboxylic acid groups (broad SMARTS) is 1. The van der Waals surface area contributed by atoms with E-state index in [0.717, 1.165) is 14.6 Å². The number of fused-ring (bicyclic) bond motifs is 1. The number of aliphatic carboxylic acids is 1. The number of nitrogens with zero attached hydrogens (tertiary/aromatic N) is 2. The molecule has 0 bridgehead atoms. The van der Waals surface area contributed by atoms with Crippen molar-refractivity contribution >= 4 is 45.2 Å². The number of likely N-dealkylation sites (N-methyl/N-ethyl adjacent to an activating group) is 1. The Hall–Kier alpha value is -1.60. The molecule has 0 aliphatic rings. The number of carbonyl (C=O) groups excluding carboxylic acids is 1. The van der Waals surface area contributed by atoms with Crippen molar-refractivity contribution in [3.63, 3.8) is 0 Å². The van der Waals surface area contributed by atoms with Gasteiger partial charge in [0, 0.05) is 7.05 Å². The second-order valence-corrected chi connectivity index (χ2v) is 6.13. The summed E-state index contributed by atoms with van der Waals surface area (Å²) in [5.41, 5.74) is 0.918. The molecule has 0 atom stereocenters. The van der Waals surface area contributed by atoms with Gasteiger partial charge in [0.15, 0.2) is 4.34 Å². The number of rotatable bonds is 5. The van der Waals surface area contributed by atoms with Crippen LogP contribution < -0.4 is 0 Å². The molecule has 5 nitrogen and oxygen atoms in total. The van der Waals surface area contributed by atoms with E-state index in [1.807, 2.05) is 24.3 Å². The molecule has 0 fully saturated rings. The van der Waals surface area contributed by atoms with Gasteiger partial charge in [-0.25, -0.2) is 4.98 Å². The second kappa shape index (κ2) is 6.03. The Labute approximate surface area is 118 Å². The predicted octanol–water partition coefficient (Wildman–Crippen LogP) is 1.93. The van der Waals surface area contributed by atoms with Gasteiger partial charge >= 0.3 is 5.97 Å². The van der Waals surface area contributed by atoms with Gasteiger partial charge in [-0.15, -0.1) is 11.3 Å². The first-order valence-corrected chi connectivity index (χ1v) is 7.30. The van der Waals surface area contributed by atoms with Crippen molar-refractivity contribution in [2.75, 3.05) is 19.3 Å². The van der Waals surface area contributed by atoms with Crippen LogP contribution in [0.3, 0.4) is 0 Å². The van der Waals surface area contributed by atoms with Crippen molar-refractivity contribution in [3.05, 3.63) is 24.3 Å². The maximum atomic E-state index is 11.7. The van der Waals surface area contributed by atoms with E-state index in [-0.39, 0.29) is 18.2 Å². The molecule has 1 amide bonds. The molecule has 0 saturated carbocycles. The van der Waals surface area contributed by atoms with Crippen molar-refractivity contribution in [2.45, 2.75) is 4.34 Å². The van der Waals surface area contributed by atoms with Crippen molar-refractivity contribution in [1.82, 2.24) is 9.88 Å². The lowest BCUT2D eigenvalue weighted by atomic mass is 10.3. The van der Waals surface area contributed by atoms with E-state index in [1.165, 1.54) is 35.0 Å². The van der Waals surface area contributed by atoms with Crippen molar-refractivity contribution in [3.8, 4) is 0 Å². The zero-order valence-electron chi connectivity index (χ0n) is 10.2. The lowest BCUT2D eigenvalue weighted by molar-refractivity contribution is -0.142. The number of benzene rings is 1. The van der Waals surface area contributed by atoms with Crippen LogP contribution in [0.4, 0.5) is 0 Å². The van der Waals surface area contributed by atoms with Crippen LogP contribution in [0.25, 0.3) is 10.2 Å². The fraction of sp³-hybridized carbons (Fsp3) is 0.250. The van der Waals surface area contributed by atoms with Gasteiger partial charge in [-0.2, -0.15) is 0 Å². The first-order valence-electron chi connectivity index (χ1n) is 5.50. The van der Waals surface area contributed by atoms with Gasteiger partial charge < -0.3 is 10.0 Å². The third-order valence-electron chi connectivity index (χ3n) is 2.39. The summed E-state index contributed by atoms with van der Waals surface area (Å²) >= 11 is 2.86. The number of carboxylic acids is 1. The minimum atomic E-state index is -1.01. The smallest absolute Gasteiger partial charge is 0.323 e. The van der Waals surface area contributed by atoms with Crippen molar-refractivity contribution in [1.29, 1.82) is 0 Å². The van der Waals surface area contributed by atoms with Crippen LogP contribution in [0.1, 0.15) is 0 Å². The number of thiazole rings is 1. The van der Waals surface area contributed by atoms with Crippen LogP contribution in [0.15, 0.2) is 28.6 Å². The maximum absolute atomic E-state index is 11.7. The molecule has 0 saturated heterocycles. The highest BCUT2D eigenvalue weighted by Gasteiger charge is 2.13. The Morgan fingerprint density at radius 1 is 1.42 bits per heavy atom.